The standard InChI is InChI=1S/C12H16ClN3O/c1-8-3-2-6-16(8)12(17)10-7-9(13)4-5-11(10)15-14/h4-5,7-8,15H,2-3,6,14H2,1H3. The van der Waals surface area contributed by atoms with Crippen LogP contribution in [0, 0.1) is 0 Å². The number of nitrogen functional groups attached to an aromatic ring is 1. The topological polar surface area (TPSA) is 58.4 Å². The highest BCUT2D eigenvalue weighted by atomic mass is 35.5. The van der Waals surface area contributed by atoms with Crippen molar-refractivity contribution in [3.63, 3.8) is 0 Å². The molecule has 92 valence electrons. The summed E-state index contributed by atoms with van der Waals surface area (Å²) in [6.45, 7) is 2.86. The van der Waals surface area contributed by atoms with Gasteiger partial charge in [-0.3, -0.25) is 10.6 Å². The number of hydrogen-bond acceptors (Lipinski definition) is 3. The van der Waals surface area contributed by atoms with Crippen molar-refractivity contribution >= 4 is 23.2 Å². The lowest BCUT2D eigenvalue weighted by atomic mass is 10.1. The van der Waals surface area contributed by atoms with Crippen LogP contribution in [0.3, 0.4) is 0 Å². The van der Waals surface area contributed by atoms with Gasteiger partial charge in [0.15, 0.2) is 0 Å². The monoisotopic (exact) mass is 253 g/mol. The minimum absolute atomic E-state index is 0.00884. The number of amides is 1. The van der Waals surface area contributed by atoms with E-state index in [0.717, 1.165) is 19.4 Å². The van der Waals surface area contributed by atoms with Gasteiger partial charge in [-0.1, -0.05) is 11.6 Å². The number of nitrogens with one attached hydrogen (secondary N) is 1. The molecule has 1 saturated heterocycles. The number of rotatable bonds is 2. The minimum atomic E-state index is -0.00884. The molecule has 0 saturated carbocycles. The van der Waals surface area contributed by atoms with Crippen LogP contribution in [0.2, 0.25) is 5.02 Å². The average molecular weight is 254 g/mol. The van der Waals surface area contributed by atoms with E-state index in [9.17, 15) is 4.79 Å². The van der Waals surface area contributed by atoms with Crippen molar-refractivity contribution < 1.29 is 4.79 Å². The van der Waals surface area contributed by atoms with Gasteiger partial charge < -0.3 is 10.3 Å². The van der Waals surface area contributed by atoms with Crippen molar-refractivity contribution in [2.45, 2.75) is 25.8 Å². The van der Waals surface area contributed by atoms with Crippen molar-refractivity contribution in [2.75, 3.05) is 12.0 Å². The molecule has 3 N–H and O–H groups in total. The summed E-state index contributed by atoms with van der Waals surface area (Å²) < 4.78 is 0. The Hall–Kier alpha value is -1.26. The molecule has 1 heterocycles. The molecule has 4 nitrogen and oxygen atoms in total. The highest BCUT2D eigenvalue weighted by Gasteiger charge is 2.27. The summed E-state index contributed by atoms with van der Waals surface area (Å²) in [6.07, 6.45) is 2.11. The molecule has 5 heteroatoms. The first-order valence-corrected chi connectivity index (χ1v) is 6.08. The molecule has 0 radical (unpaired) electrons. The molecular formula is C12H16ClN3O. The SMILES string of the molecule is CC1CCCN1C(=O)c1cc(Cl)ccc1NN. The number of carbonyl (C=O) groups is 1. The molecule has 1 fully saturated rings. The molecule has 1 aliphatic rings. The van der Waals surface area contributed by atoms with E-state index in [2.05, 4.69) is 12.3 Å². The van der Waals surface area contributed by atoms with Crippen LogP contribution in [0.15, 0.2) is 18.2 Å². The Bertz CT molecular complexity index is 436. The van der Waals surface area contributed by atoms with E-state index in [1.54, 1.807) is 18.2 Å². The van der Waals surface area contributed by atoms with Crippen LogP contribution >= 0.6 is 11.6 Å². The molecule has 1 aromatic carbocycles. The van der Waals surface area contributed by atoms with Gasteiger partial charge in [-0.25, -0.2) is 0 Å². The number of halogens is 1. The first kappa shape index (κ1) is 12.2. The number of likely N-dealkylation sites (tertiary alicyclic amines) is 1. The Morgan fingerprint density at radius 1 is 1.59 bits per heavy atom. The molecule has 0 spiro atoms. The molecule has 1 atom stereocenters. The van der Waals surface area contributed by atoms with E-state index in [0.29, 0.717) is 16.3 Å². The lowest BCUT2D eigenvalue weighted by molar-refractivity contribution is 0.0748. The lowest BCUT2D eigenvalue weighted by Gasteiger charge is -2.22. The zero-order valence-electron chi connectivity index (χ0n) is 9.74. The van der Waals surface area contributed by atoms with Gasteiger partial charge in [0.25, 0.3) is 5.91 Å². The summed E-state index contributed by atoms with van der Waals surface area (Å²) >= 11 is 5.92. The smallest absolute Gasteiger partial charge is 0.256 e. The van der Waals surface area contributed by atoms with Crippen LogP contribution < -0.4 is 11.3 Å². The molecule has 2 rings (SSSR count). The van der Waals surface area contributed by atoms with Crippen LogP contribution in [0.5, 0.6) is 0 Å². The first-order valence-electron chi connectivity index (χ1n) is 5.70. The number of nitrogens with zero attached hydrogens (tertiary/aromatic N) is 1. The highest BCUT2D eigenvalue weighted by molar-refractivity contribution is 6.31. The summed E-state index contributed by atoms with van der Waals surface area (Å²) in [5.41, 5.74) is 3.68. The molecule has 0 bridgehead atoms. The maximum atomic E-state index is 12.4. The number of hydrazine groups is 1. The van der Waals surface area contributed by atoms with E-state index in [1.807, 2.05) is 4.90 Å². The zero-order valence-corrected chi connectivity index (χ0v) is 10.5. The number of hydrogen-bond donors (Lipinski definition) is 2. The number of benzene rings is 1. The lowest BCUT2D eigenvalue weighted by Crippen LogP contribution is -2.34. The second-order valence-electron chi connectivity index (χ2n) is 4.32. The number of anilines is 1. The molecular weight excluding hydrogens is 238 g/mol. The Morgan fingerprint density at radius 3 is 2.94 bits per heavy atom. The maximum absolute atomic E-state index is 12.4. The average Bonchev–Trinajstić information content (AvgIpc) is 2.74. The van der Waals surface area contributed by atoms with E-state index in [-0.39, 0.29) is 11.9 Å². The molecule has 1 amide bonds. The normalized spacial score (nSPS) is 19.5. The summed E-state index contributed by atoms with van der Waals surface area (Å²) in [6, 6.07) is 5.37. The molecule has 17 heavy (non-hydrogen) atoms. The fourth-order valence-corrected chi connectivity index (χ4v) is 2.38. The largest absolute Gasteiger partial charge is 0.336 e. The van der Waals surface area contributed by atoms with Crippen LogP contribution in [-0.2, 0) is 0 Å². The summed E-state index contributed by atoms with van der Waals surface area (Å²) in [5, 5.41) is 0.541. The number of nitrogens with two attached hydrogens (primary N) is 1. The van der Waals surface area contributed by atoms with Gasteiger partial charge in [0.2, 0.25) is 0 Å². The molecule has 1 unspecified atom stereocenters. The summed E-state index contributed by atoms with van der Waals surface area (Å²) in [7, 11) is 0. The van der Waals surface area contributed by atoms with Gasteiger partial charge in [0.05, 0.1) is 11.3 Å². The quantitative estimate of drug-likeness (QED) is 0.628. The second-order valence-corrected chi connectivity index (χ2v) is 4.76. The third-order valence-corrected chi connectivity index (χ3v) is 3.42. The predicted octanol–water partition coefficient (Wildman–Crippen LogP) is 2.25. The van der Waals surface area contributed by atoms with Crippen LogP contribution in [-0.4, -0.2) is 23.4 Å². The fourth-order valence-electron chi connectivity index (χ4n) is 2.21. The summed E-state index contributed by atoms with van der Waals surface area (Å²) in [4.78, 5) is 14.2. The predicted molar refractivity (Wildman–Crippen MR) is 69.0 cm³/mol. The minimum Gasteiger partial charge on any atom is -0.336 e. The van der Waals surface area contributed by atoms with Gasteiger partial charge in [-0.2, -0.15) is 0 Å². The molecule has 0 aromatic heterocycles. The van der Waals surface area contributed by atoms with Crippen molar-refractivity contribution in [3.05, 3.63) is 28.8 Å². The Balaban J connectivity index is 2.32. The molecule has 1 aromatic rings. The van der Waals surface area contributed by atoms with Gasteiger partial charge >= 0.3 is 0 Å². The highest BCUT2D eigenvalue weighted by Crippen LogP contribution is 2.25. The van der Waals surface area contributed by atoms with Gasteiger partial charge in [-0.05, 0) is 38.0 Å². The van der Waals surface area contributed by atoms with Gasteiger partial charge in [0, 0.05) is 17.6 Å². The summed E-state index contributed by atoms with van der Waals surface area (Å²) in [5.74, 6) is 5.40. The Labute approximate surface area is 106 Å². The van der Waals surface area contributed by atoms with Gasteiger partial charge in [-0.15, -0.1) is 0 Å². The zero-order chi connectivity index (χ0) is 12.4. The van der Waals surface area contributed by atoms with Crippen LogP contribution in [0.25, 0.3) is 0 Å². The molecule has 0 aliphatic carbocycles. The first-order chi connectivity index (χ1) is 8.13. The fraction of sp³-hybridized carbons (Fsp3) is 0.417. The van der Waals surface area contributed by atoms with Crippen molar-refractivity contribution in [3.8, 4) is 0 Å². The van der Waals surface area contributed by atoms with Crippen LogP contribution in [0.4, 0.5) is 5.69 Å². The Kier molecular flexibility index (Phi) is 3.54. The van der Waals surface area contributed by atoms with Crippen LogP contribution in [0.1, 0.15) is 30.1 Å². The maximum Gasteiger partial charge on any atom is 0.256 e. The number of carbonyl (C=O) groups excluding carboxylic acids is 1. The van der Waals surface area contributed by atoms with Crippen molar-refractivity contribution in [1.82, 2.24) is 4.90 Å². The third-order valence-electron chi connectivity index (χ3n) is 3.18. The van der Waals surface area contributed by atoms with E-state index >= 15 is 0 Å². The van der Waals surface area contributed by atoms with E-state index in [1.165, 1.54) is 0 Å². The second kappa shape index (κ2) is 4.94. The van der Waals surface area contributed by atoms with E-state index in [4.69, 9.17) is 17.4 Å². The Morgan fingerprint density at radius 2 is 2.35 bits per heavy atom. The molecule has 1 aliphatic heterocycles. The third kappa shape index (κ3) is 2.37. The van der Waals surface area contributed by atoms with Crippen molar-refractivity contribution in [2.24, 2.45) is 5.84 Å². The van der Waals surface area contributed by atoms with Crippen molar-refractivity contribution in [1.29, 1.82) is 0 Å². The van der Waals surface area contributed by atoms with Gasteiger partial charge in [0.1, 0.15) is 0 Å². The van der Waals surface area contributed by atoms with E-state index < -0.39 is 0 Å².